The zero-order chi connectivity index (χ0) is 72.1. The van der Waals surface area contributed by atoms with Gasteiger partial charge in [-0.15, -0.1) is 0 Å². The summed E-state index contributed by atoms with van der Waals surface area (Å²) in [5, 5.41) is 19.2. The second-order valence-electron chi connectivity index (χ2n) is 29.1. The summed E-state index contributed by atoms with van der Waals surface area (Å²) in [4.78, 5) is 0. The number of benzene rings is 18. The number of para-hydroxylation sites is 4. The Morgan fingerprint density at radius 2 is 0.464 bits per heavy atom. The fourth-order valence-electron chi connectivity index (χ4n) is 17.9. The van der Waals surface area contributed by atoms with Crippen molar-refractivity contribution < 1.29 is 8.83 Å². The first-order chi connectivity index (χ1) is 54.5. The van der Waals surface area contributed by atoms with Crippen molar-refractivity contribution in [3.63, 3.8) is 0 Å². The first-order valence-electron chi connectivity index (χ1n) is 37.7. The van der Waals surface area contributed by atoms with E-state index >= 15 is 0 Å². The van der Waals surface area contributed by atoms with Crippen molar-refractivity contribution in [3.8, 4) is 67.3 Å². The van der Waals surface area contributed by atoms with Crippen LogP contribution in [0, 0.1) is 0 Å². The van der Waals surface area contributed by atoms with Gasteiger partial charge in [-0.25, -0.2) is 0 Å². The van der Waals surface area contributed by atoms with Crippen molar-refractivity contribution >= 4 is 153 Å². The van der Waals surface area contributed by atoms with Crippen molar-refractivity contribution in [2.75, 3.05) is 0 Å². The Bertz CT molecular complexity index is 7890. The van der Waals surface area contributed by atoms with E-state index in [1.165, 1.54) is 143 Å². The molecule has 0 fully saturated rings. The minimum absolute atomic E-state index is 0.894. The fourth-order valence-corrected chi connectivity index (χ4v) is 17.9. The Morgan fingerprint density at radius 3 is 0.945 bits per heavy atom. The van der Waals surface area contributed by atoms with Crippen LogP contribution in [-0.2, 0) is 0 Å². The first-order valence-corrected chi connectivity index (χ1v) is 37.7. The molecule has 0 aliphatic carbocycles. The molecule has 24 rings (SSSR count). The fraction of sp³-hybridized carbons (Fsp3) is 0. The summed E-state index contributed by atoms with van der Waals surface area (Å²) in [6.07, 6.45) is 0. The van der Waals surface area contributed by atoms with Gasteiger partial charge in [-0.2, -0.15) is 0 Å². The maximum absolute atomic E-state index is 6.46. The summed E-state index contributed by atoms with van der Waals surface area (Å²) in [5.74, 6) is 0. The number of rotatable bonds is 8. The van der Waals surface area contributed by atoms with Gasteiger partial charge in [0.2, 0.25) is 0 Å². The largest absolute Gasteiger partial charge is 0.456 e. The van der Waals surface area contributed by atoms with E-state index in [9.17, 15) is 0 Å². The zero-order valence-electron chi connectivity index (χ0n) is 59.6. The zero-order valence-corrected chi connectivity index (χ0v) is 59.6. The Balaban J connectivity index is 0.000000132. The molecule has 0 aliphatic rings. The summed E-state index contributed by atoms with van der Waals surface area (Å²) in [7, 11) is 0. The molecule has 0 radical (unpaired) electrons. The van der Waals surface area contributed by atoms with Crippen LogP contribution in [0.2, 0.25) is 0 Å². The van der Waals surface area contributed by atoms with E-state index in [1.54, 1.807) is 0 Å². The van der Waals surface area contributed by atoms with Crippen LogP contribution in [0.25, 0.3) is 220 Å². The summed E-state index contributed by atoms with van der Waals surface area (Å²) in [5.41, 5.74) is 27.2. The smallest absolute Gasteiger partial charge is 0.137 e. The molecule has 0 aliphatic heterocycles. The van der Waals surface area contributed by atoms with E-state index in [2.05, 4.69) is 394 Å². The van der Waals surface area contributed by atoms with Crippen LogP contribution in [0.5, 0.6) is 0 Å². The number of fused-ring (bicyclic) bond motifs is 20. The quantitative estimate of drug-likeness (QED) is 0.152. The first kappa shape index (κ1) is 61.6. The van der Waals surface area contributed by atoms with Crippen LogP contribution in [0.3, 0.4) is 0 Å². The Kier molecular flexibility index (Phi) is 13.7. The van der Waals surface area contributed by atoms with Gasteiger partial charge in [0, 0.05) is 92.8 Å². The lowest BCUT2D eigenvalue weighted by molar-refractivity contribution is 0.669. The van der Waals surface area contributed by atoms with Gasteiger partial charge in [-0.1, -0.05) is 255 Å². The van der Waals surface area contributed by atoms with E-state index in [4.69, 9.17) is 8.83 Å². The normalized spacial score (nSPS) is 12.0. The average molecular weight is 1400 g/mol. The van der Waals surface area contributed by atoms with Gasteiger partial charge in [0.25, 0.3) is 0 Å². The maximum Gasteiger partial charge on any atom is 0.137 e. The van der Waals surface area contributed by atoms with Gasteiger partial charge in [-0.3, -0.25) is 0 Å². The molecule has 0 bridgehead atoms. The highest BCUT2D eigenvalue weighted by Crippen LogP contribution is 2.46. The Hall–Kier alpha value is -14.7. The third kappa shape index (κ3) is 9.62. The molecule has 0 spiro atoms. The lowest BCUT2D eigenvalue weighted by atomic mass is 10.00. The van der Waals surface area contributed by atoms with Crippen molar-refractivity contribution in [2.45, 2.75) is 0 Å². The van der Waals surface area contributed by atoms with Crippen LogP contribution < -0.4 is 0 Å². The molecule has 0 atom stereocenters. The lowest BCUT2D eigenvalue weighted by Crippen LogP contribution is -1.95. The Labute approximate surface area is 631 Å². The second kappa shape index (κ2) is 24.4. The van der Waals surface area contributed by atoms with Crippen molar-refractivity contribution in [1.82, 2.24) is 18.3 Å². The third-order valence-electron chi connectivity index (χ3n) is 23.0. The average Bonchev–Trinajstić information content (AvgIpc) is 1.59. The molecule has 18 aromatic carbocycles. The number of nitrogens with zero attached hydrogens (tertiary/aromatic N) is 4. The van der Waals surface area contributed by atoms with Gasteiger partial charge in [-0.05, 0) is 183 Å². The summed E-state index contributed by atoms with van der Waals surface area (Å²) in [6, 6.07) is 141. The SMILES string of the molecule is c1ccc(-c2cccc(-n3c4ccc(-c5ccc6c(c5)c5ccccc5n6-c5cccc6ccccc56)cc4c4cc5c(cc43)oc3ccccc35)c2)cc1.c1ccc(-c2cccc(-n3c4ccc(-c5ccc6c(c5)c5ccccc5n6-c5cccc6ccccc56)cc4c4cc5oc6ccccc6c5cc43)c2)cc1. The van der Waals surface area contributed by atoms with Crippen molar-refractivity contribution in [1.29, 1.82) is 0 Å². The van der Waals surface area contributed by atoms with Crippen LogP contribution >= 0.6 is 0 Å². The van der Waals surface area contributed by atoms with E-state index in [1.807, 2.05) is 12.1 Å². The summed E-state index contributed by atoms with van der Waals surface area (Å²) < 4.78 is 22.6. The van der Waals surface area contributed by atoms with Gasteiger partial charge >= 0.3 is 0 Å². The molecule has 110 heavy (non-hydrogen) atoms. The predicted molar refractivity (Wildman–Crippen MR) is 462 cm³/mol. The van der Waals surface area contributed by atoms with Gasteiger partial charge < -0.3 is 27.1 Å². The molecule has 0 amide bonds. The minimum Gasteiger partial charge on any atom is -0.456 e. The van der Waals surface area contributed by atoms with Crippen LogP contribution in [0.1, 0.15) is 0 Å². The summed E-state index contributed by atoms with van der Waals surface area (Å²) >= 11 is 0. The van der Waals surface area contributed by atoms with E-state index in [-0.39, 0.29) is 0 Å². The molecule has 512 valence electrons. The minimum atomic E-state index is 0.894. The Morgan fingerprint density at radius 1 is 0.145 bits per heavy atom. The molecule has 6 nitrogen and oxygen atoms in total. The number of hydrogen-bond donors (Lipinski definition) is 0. The number of aromatic nitrogens is 4. The maximum atomic E-state index is 6.46. The molecule has 6 aromatic heterocycles. The van der Waals surface area contributed by atoms with E-state index in [0.29, 0.717) is 0 Å². The van der Waals surface area contributed by atoms with Crippen molar-refractivity contribution in [3.05, 3.63) is 388 Å². The molecule has 6 heteroatoms. The molecule has 0 N–H and O–H groups in total. The van der Waals surface area contributed by atoms with Crippen LogP contribution in [0.4, 0.5) is 0 Å². The second-order valence-corrected chi connectivity index (χ2v) is 29.1. The monoisotopic (exact) mass is 1400 g/mol. The van der Waals surface area contributed by atoms with E-state index in [0.717, 1.165) is 77.3 Å². The summed E-state index contributed by atoms with van der Waals surface area (Å²) in [6.45, 7) is 0. The highest BCUT2D eigenvalue weighted by atomic mass is 16.3. The molecular weight excluding hydrogens is 1340 g/mol. The lowest BCUT2D eigenvalue weighted by Gasteiger charge is -2.12. The van der Waals surface area contributed by atoms with Gasteiger partial charge in [0.1, 0.15) is 22.3 Å². The molecule has 0 saturated carbocycles. The highest BCUT2D eigenvalue weighted by molar-refractivity contribution is 6.21. The standard InChI is InChI=1S/2C52H32N2O/c1-2-12-33(13-3-1)35-16-10-17-38(28-35)53-48-26-24-37(30-43(48)44-32-52-45(31-50(44)53)41-20-7-9-23-51(41)55-52)36-25-27-49-42(29-36)40-19-6-8-21-47(40)54(49)46-22-11-15-34-14-4-5-18-39(34)46;1-2-12-33(13-3-1)35-16-10-17-38(28-35)53-48-26-24-37(30-43(48)44-31-45-41-20-7-9-23-51(41)55-52(45)32-50(44)53)36-25-27-49-42(29-36)40-19-6-8-21-47(40)54(49)46-22-11-15-34-14-4-5-18-39(34)46/h2*1-32H. The van der Waals surface area contributed by atoms with Gasteiger partial charge in [0.15, 0.2) is 0 Å². The van der Waals surface area contributed by atoms with E-state index < -0.39 is 0 Å². The molecule has 24 aromatic rings. The molecule has 6 heterocycles. The highest BCUT2D eigenvalue weighted by Gasteiger charge is 2.23. The molecule has 0 unspecified atom stereocenters. The number of hydrogen-bond acceptors (Lipinski definition) is 2. The van der Waals surface area contributed by atoms with Crippen LogP contribution in [-0.4, -0.2) is 18.3 Å². The number of furan rings is 2. The molecule has 0 saturated heterocycles. The predicted octanol–water partition coefficient (Wildman–Crippen LogP) is 28.5. The third-order valence-corrected chi connectivity index (χ3v) is 23.0. The topological polar surface area (TPSA) is 46.0 Å². The van der Waals surface area contributed by atoms with Gasteiger partial charge in [0.05, 0.1) is 55.5 Å². The van der Waals surface area contributed by atoms with Crippen LogP contribution in [0.15, 0.2) is 397 Å². The molecular formula is C104H64N4O2. The van der Waals surface area contributed by atoms with Crippen molar-refractivity contribution in [2.24, 2.45) is 0 Å².